The standard InChI is InChI=1S/C51H31N3OS/c1-4-13-32(14-5-1)34-23-25-36(26-24-34)49-52-50(37-27-28-41-46(31-37)56-45-22-12-20-39(48(41)45)35-17-8-3-9-18-35)54-51(53-49)42-29-38(33-15-6-2-7-16-33)30-44-47(42)40-19-10-11-21-43(40)55-44/h1-31H/i12D,20D,22D,27D,28D,31D. The first-order chi connectivity index (χ1) is 30.2. The number of furan rings is 1. The number of hydrogen-bond donors (Lipinski definition) is 0. The Hall–Kier alpha value is -7.21. The summed E-state index contributed by atoms with van der Waals surface area (Å²) >= 11 is 1.12. The zero-order valence-corrected chi connectivity index (χ0v) is 30.4. The molecule has 3 aromatic heterocycles. The van der Waals surface area contributed by atoms with Crippen molar-refractivity contribution in [1.29, 1.82) is 0 Å². The summed E-state index contributed by atoms with van der Waals surface area (Å²) in [7, 11) is 0. The molecule has 0 saturated carbocycles. The Balaban J connectivity index is 1.21. The van der Waals surface area contributed by atoms with E-state index in [4.69, 9.17) is 23.5 Å². The van der Waals surface area contributed by atoms with Crippen LogP contribution in [0.25, 0.3) is 110 Å². The maximum absolute atomic E-state index is 9.77. The molecule has 0 aliphatic rings. The minimum absolute atomic E-state index is 0.0392. The van der Waals surface area contributed by atoms with E-state index < -0.39 is 0 Å². The number of thiophene rings is 1. The van der Waals surface area contributed by atoms with Gasteiger partial charge in [-0.25, -0.2) is 15.0 Å². The Morgan fingerprint density at radius 2 is 1.02 bits per heavy atom. The molecule has 0 aliphatic heterocycles. The van der Waals surface area contributed by atoms with Gasteiger partial charge in [0, 0.05) is 47.6 Å². The van der Waals surface area contributed by atoms with Gasteiger partial charge in [0.2, 0.25) is 0 Å². The van der Waals surface area contributed by atoms with Gasteiger partial charge in [-0.3, -0.25) is 0 Å². The van der Waals surface area contributed by atoms with E-state index in [2.05, 4.69) is 0 Å². The Kier molecular flexibility index (Phi) is 6.29. The molecule has 0 aliphatic carbocycles. The van der Waals surface area contributed by atoms with Crippen LogP contribution in [0.1, 0.15) is 8.22 Å². The van der Waals surface area contributed by atoms with Crippen LogP contribution in [0.15, 0.2) is 192 Å². The van der Waals surface area contributed by atoms with Crippen LogP contribution in [0.5, 0.6) is 0 Å². The summed E-state index contributed by atoms with van der Waals surface area (Å²) in [5, 5.41) is 2.38. The molecule has 4 nitrogen and oxygen atoms in total. The fourth-order valence-electron chi connectivity index (χ4n) is 7.39. The first-order valence-corrected chi connectivity index (χ1v) is 19.0. The molecule has 5 heteroatoms. The van der Waals surface area contributed by atoms with Crippen molar-refractivity contribution in [3.8, 4) is 67.5 Å². The summed E-state index contributed by atoms with van der Waals surface area (Å²) in [5.41, 5.74) is 7.70. The van der Waals surface area contributed by atoms with Crippen molar-refractivity contribution >= 4 is 53.4 Å². The van der Waals surface area contributed by atoms with Gasteiger partial charge in [0.15, 0.2) is 17.5 Å². The van der Waals surface area contributed by atoms with E-state index in [1.807, 2.05) is 152 Å². The van der Waals surface area contributed by atoms with Crippen LogP contribution in [0.4, 0.5) is 0 Å². The van der Waals surface area contributed by atoms with Crippen molar-refractivity contribution in [3.63, 3.8) is 0 Å². The highest BCUT2D eigenvalue weighted by Crippen LogP contribution is 2.43. The zero-order valence-electron chi connectivity index (χ0n) is 35.6. The number of para-hydroxylation sites is 1. The van der Waals surface area contributed by atoms with Gasteiger partial charge in [-0.15, -0.1) is 11.3 Å². The molecule has 11 aromatic rings. The second kappa shape index (κ2) is 13.3. The maximum atomic E-state index is 9.77. The van der Waals surface area contributed by atoms with Gasteiger partial charge in [0.1, 0.15) is 11.2 Å². The maximum Gasteiger partial charge on any atom is 0.164 e. The van der Waals surface area contributed by atoms with Crippen molar-refractivity contribution < 1.29 is 12.6 Å². The molecule has 0 bridgehead atoms. The third-order valence-corrected chi connectivity index (χ3v) is 11.1. The Labute approximate surface area is 335 Å². The largest absolute Gasteiger partial charge is 0.456 e. The quantitative estimate of drug-likeness (QED) is 0.170. The Bertz CT molecular complexity index is 3580. The number of fused-ring (bicyclic) bond motifs is 6. The van der Waals surface area contributed by atoms with Gasteiger partial charge in [-0.1, -0.05) is 158 Å². The summed E-state index contributed by atoms with van der Waals surface area (Å²) < 4.78 is 62.7. The molecule has 0 saturated heterocycles. The SMILES string of the molecule is [2H]c1c([2H])c(-c2ccccc2)c2c(sc3c([2H])c(-c4nc(-c5ccc(-c6ccccc6)cc5)nc(-c5cc(-c6ccccc6)cc6oc7ccccc7c56)n4)c([2H])c([2H])c32)c1[2H]. The smallest absolute Gasteiger partial charge is 0.164 e. The highest BCUT2D eigenvalue weighted by atomic mass is 32.1. The van der Waals surface area contributed by atoms with Crippen LogP contribution < -0.4 is 0 Å². The summed E-state index contributed by atoms with van der Waals surface area (Å²) in [4.78, 5) is 15.2. The summed E-state index contributed by atoms with van der Waals surface area (Å²) in [6.07, 6.45) is 0. The lowest BCUT2D eigenvalue weighted by molar-refractivity contribution is 0.669. The third kappa shape index (κ3) is 5.56. The fraction of sp³-hybridized carbons (Fsp3) is 0. The molecule has 8 aromatic carbocycles. The number of rotatable bonds is 6. The molecular formula is C51H31N3OS. The lowest BCUT2D eigenvalue weighted by Crippen LogP contribution is -2.00. The predicted molar refractivity (Wildman–Crippen MR) is 233 cm³/mol. The van der Waals surface area contributed by atoms with Gasteiger partial charge in [0.05, 0.1) is 8.22 Å². The second-order valence-electron chi connectivity index (χ2n) is 13.5. The number of aromatic nitrogens is 3. The Morgan fingerprint density at radius 1 is 0.411 bits per heavy atom. The van der Waals surface area contributed by atoms with Gasteiger partial charge >= 0.3 is 0 Å². The van der Waals surface area contributed by atoms with E-state index in [1.165, 1.54) is 0 Å². The summed E-state index contributed by atoms with van der Waals surface area (Å²) in [6, 6.07) is 47.9. The molecule has 0 N–H and O–H groups in total. The average Bonchev–Trinajstić information content (AvgIpc) is 3.91. The summed E-state index contributed by atoms with van der Waals surface area (Å²) in [5.74, 6) is 0.656. The Morgan fingerprint density at radius 3 is 1.77 bits per heavy atom. The average molecular weight is 740 g/mol. The van der Waals surface area contributed by atoms with E-state index in [-0.39, 0.29) is 53.0 Å². The van der Waals surface area contributed by atoms with Crippen molar-refractivity contribution in [2.24, 2.45) is 0 Å². The minimum Gasteiger partial charge on any atom is -0.456 e. The van der Waals surface area contributed by atoms with Crippen molar-refractivity contribution in [1.82, 2.24) is 15.0 Å². The molecule has 0 spiro atoms. The normalized spacial score (nSPS) is 13.1. The van der Waals surface area contributed by atoms with E-state index in [0.717, 1.165) is 44.4 Å². The van der Waals surface area contributed by atoms with E-state index in [9.17, 15) is 4.11 Å². The number of nitrogens with zero attached hydrogens (tertiary/aromatic N) is 3. The van der Waals surface area contributed by atoms with Crippen molar-refractivity contribution in [3.05, 3.63) is 188 Å². The van der Waals surface area contributed by atoms with E-state index in [0.29, 0.717) is 59.9 Å². The predicted octanol–water partition coefficient (Wildman–Crippen LogP) is 14.1. The second-order valence-corrected chi connectivity index (χ2v) is 14.5. The van der Waals surface area contributed by atoms with Crippen LogP contribution in [-0.2, 0) is 0 Å². The highest BCUT2D eigenvalue weighted by molar-refractivity contribution is 7.26. The van der Waals surface area contributed by atoms with Crippen LogP contribution in [-0.4, -0.2) is 15.0 Å². The van der Waals surface area contributed by atoms with Gasteiger partial charge < -0.3 is 4.42 Å². The minimum atomic E-state index is -0.270. The van der Waals surface area contributed by atoms with Crippen molar-refractivity contribution in [2.45, 2.75) is 0 Å². The molecule has 0 atom stereocenters. The molecule has 0 amide bonds. The molecule has 262 valence electrons. The first-order valence-electron chi connectivity index (χ1n) is 21.2. The van der Waals surface area contributed by atoms with Crippen LogP contribution in [0.3, 0.4) is 0 Å². The zero-order chi connectivity index (χ0) is 42.2. The number of benzene rings is 8. The van der Waals surface area contributed by atoms with E-state index >= 15 is 0 Å². The molecular weight excluding hydrogens is 703 g/mol. The lowest BCUT2D eigenvalue weighted by Gasteiger charge is -2.11. The van der Waals surface area contributed by atoms with Gasteiger partial charge in [-0.2, -0.15) is 0 Å². The monoisotopic (exact) mass is 739 g/mol. The lowest BCUT2D eigenvalue weighted by atomic mass is 9.98. The molecule has 11 rings (SSSR count). The van der Waals surface area contributed by atoms with Crippen LogP contribution in [0, 0.1) is 0 Å². The fourth-order valence-corrected chi connectivity index (χ4v) is 8.41. The van der Waals surface area contributed by atoms with Crippen molar-refractivity contribution in [2.75, 3.05) is 0 Å². The topological polar surface area (TPSA) is 51.8 Å². The van der Waals surface area contributed by atoms with Crippen LogP contribution in [0.2, 0.25) is 0 Å². The molecule has 0 fully saturated rings. The van der Waals surface area contributed by atoms with Gasteiger partial charge in [0.25, 0.3) is 0 Å². The molecule has 56 heavy (non-hydrogen) atoms. The first kappa shape index (κ1) is 26.5. The van der Waals surface area contributed by atoms with Crippen LogP contribution >= 0.6 is 11.3 Å². The highest BCUT2D eigenvalue weighted by Gasteiger charge is 2.20. The molecule has 0 unspecified atom stereocenters. The van der Waals surface area contributed by atoms with E-state index in [1.54, 1.807) is 0 Å². The molecule has 0 radical (unpaired) electrons. The van der Waals surface area contributed by atoms with Gasteiger partial charge in [-0.05, 0) is 63.7 Å². The number of hydrogen-bond acceptors (Lipinski definition) is 5. The third-order valence-electron chi connectivity index (χ3n) is 10.1. The summed E-state index contributed by atoms with van der Waals surface area (Å²) in [6.45, 7) is 0. The molecule has 3 heterocycles.